The van der Waals surface area contributed by atoms with Crippen LogP contribution in [0.25, 0.3) is 0 Å². The first kappa shape index (κ1) is 17.6. The van der Waals surface area contributed by atoms with Gasteiger partial charge in [-0.25, -0.2) is 0 Å². The molecule has 0 amide bonds. The summed E-state index contributed by atoms with van der Waals surface area (Å²) in [6.45, 7) is 1.44. The Morgan fingerprint density at radius 3 is 2.60 bits per heavy atom. The summed E-state index contributed by atoms with van der Waals surface area (Å²) in [5.41, 5.74) is 0.486. The fraction of sp³-hybridized carbons (Fsp3) is 0.455. The molecule has 0 aliphatic rings. The van der Waals surface area contributed by atoms with Gasteiger partial charge in [0, 0.05) is 22.7 Å². The first-order valence-corrected chi connectivity index (χ1v) is 7.74. The van der Waals surface area contributed by atoms with Gasteiger partial charge in [-0.05, 0) is 25.1 Å². The molecule has 6 nitrogen and oxygen atoms in total. The molecule has 1 aromatic rings. The molecule has 0 radical (unpaired) electrons. The van der Waals surface area contributed by atoms with Gasteiger partial charge in [-0.1, -0.05) is 23.2 Å². The lowest BCUT2D eigenvalue weighted by Crippen LogP contribution is -2.38. The largest absolute Gasteiger partial charge is 0.359 e. The maximum Gasteiger partial charge on any atom is 0.333 e. The van der Waals surface area contributed by atoms with Crippen LogP contribution >= 0.6 is 23.2 Å². The van der Waals surface area contributed by atoms with Crippen molar-refractivity contribution < 1.29 is 22.4 Å². The predicted octanol–water partition coefficient (Wildman–Crippen LogP) is 2.44. The molecule has 0 aliphatic carbocycles. The number of rotatable bonds is 7. The Balaban J connectivity index is 3.07. The molecule has 0 bridgehead atoms. The van der Waals surface area contributed by atoms with E-state index in [0.29, 0.717) is 15.6 Å². The lowest BCUT2D eigenvalue weighted by molar-refractivity contribution is -0.0814. The van der Waals surface area contributed by atoms with Crippen LogP contribution in [0.5, 0.6) is 0 Å². The monoisotopic (exact) mass is 343 g/mol. The number of hydrogen-bond acceptors (Lipinski definition) is 4. The summed E-state index contributed by atoms with van der Waals surface area (Å²) >= 11 is 12.0. The van der Waals surface area contributed by atoms with Crippen LogP contribution in [0, 0.1) is 0 Å². The average molecular weight is 344 g/mol. The minimum Gasteiger partial charge on any atom is -0.359 e. The van der Waals surface area contributed by atoms with Crippen LogP contribution in [0.4, 0.5) is 0 Å². The molecule has 9 heteroatoms. The van der Waals surface area contributed by atoms with Crippen molar-refractivity contribution >= 4 is 33.5 Å². The second kappa shape index (κ2) is 7.56. The fourth-order valence-electron chi connectivity index (χ4n) is 1.67. The maximum absolute atomic E-state index is 10.9. The second-order valence-electron chi connectivity index (χ2n) is 4.04. The standard InChI is InChI=1S/C11H15Cl2NO5S/c1-7(14-20(15,16)17)11(19-6-18-2)9-5-8(12)3-4-10(9)13/h3-5,7,11,14H,6H2,1-2H3,(H,15,16,17)/t7-,11+/m1/s1. The SMILES string of the molecule is COCO[C@H](c1cc(Cl)ccc1Cl)[C@@H](C)NS(=O)(=O)O. The Morgan fingerprint density at radius 1 is 1.40 bits per heavy atom. The Hall–Kier alpha value is -0.410. The summed E-state index contributed by atoms with van der Waals surface area (Å²) in [5.74, 6) is 0. The van der Waals surface area contributed by atoms with Crippen LogP contribution in [-0.4, -0.2) is 32.9 Å². The molecule has 114 valence electrons. The molecule has 0 saturated heterocycles. The summed E-state index contributed by atoms with van der Waals surface area (Å²) in [7, 11) is -2.94. The molecule has 2 N–H and O–H groups in total. The summed E-state index contributed by atoms with van der Waals surface area (Å²) in [4.78, 5) is 0. The molecule has 0 fully saturated rings. The van der Waals surface area contributed by atoms with Crippen LogP contribution in [0.2, 0.25) is 10.0 Å². The van der Waals surface area contributed by atoms with Gasteiger partial charge in [-0.15, -0.1) is 0 Å². The van der Waals surface area contributed by atoms with Crippen LogP contribution in [0.3, 0.4) is 0 Å². The third-order valence-electron chi connectivity index (χ3n) is 2.42. The minimum absolute atomic E-state index is 0.0784. The van der Waals surface area contributed by atoms with Gasteiger partial charge in [0.2, 0.25) is 0 Å². The van der Waals surface area contributed by atoms with E-state index in [9.17, 15) is 8.42 Å². The fourth-order valence-corrected chi connectivity index (χ4v) is 2.67. The number of hydrogen-bond donors (Lipinski definition) is 2. The van der Waals surface area contributed by atoms with Crippen molar-refractivity contribution in [3.8, 4) is 0 Å². The van der Waals surface area contributed by atoms with Crippen molar-refractivity contribution in [3.63, 3.8) is 0 Å². The van der Waals surface area contributed by atoms with Gasteiger partial charge in [0.05, 0.1) is 6.04 Å². The number of ether oxygens (including phenoxy) is 2. The van der Waals surface area contributed by atoms with Crippen molar-refractivity contribution in [3.05, 3.63) is 33.8 Å². The number of benzene rings is 1. The number of halogens is 2. The summed E-state index contributed by atoms with van der Waals surface area (Å²) < 4.78 is 42.9. The molecule has 0 saturated carbocycles. The normalized spacial score (nSPS) is 15.1. The van der Waals surface area contributed by atoms with Gasteiger partial charge in [0.25, 0.3) is 0 Å². The number of methoxy groups -OCH3 is 1. The molecule has 0 spiro atoms. The smallest absolute Gasteiger partial charge is 0.333 e. The summed E-state index contributed by atoms with van der Waals surface area (Å²) in [6.07, 6.45) is -0.775. The van der Waals surface area contributed by atoms with Crippen molar-refractivity contribution in [1.29, 1.82) is 0 Å². The van der Waals surface area contributed by atoms with E-state index in [1.807, 2.05) is 4.72 Å². The van der Waals surface area contributed by atoms with Crippen LogP contribution in [0.15, 0.2) is 18.2 Å². The van der Waals surface area contributed by atoms with Crippen LogP contribution in [0.1, 0.15) is 18.6 Å². The average Bonchev–Trinajstić information content (AvgIpc) is 2.31. The highest BCUT2D eigenvalue weighted by Crippen LogP contribution is 2.31. The van der Waals surface area contributed by atoms with E-state index in [0.717, 1.165) is 0 Å². The summed E-state index contributed by atoms with van der Waals surface area (Å²) in [6, 6.07) is 3.95. The van der Waals surface area contributed by atoms with E-state index in [1.54, 1.807) is 18.2 Å². The number of nitrogens with one attached hydrogen (secondary N) is 1. The Morgan fingerprint density at radius 2 is 2.05 bits per heavy atom. The van der Waals surface area contributed by atoms with Crippen molar-refractivity contribution in [2.24, 2.45) is 0 Å². The maximum atomic E-state index is 10.9. The molecule has 0 aromatic heterocycles. The molecule has 1 aromatic carbocycles. The highest BCUT2D eigenvalue weighted by molar-refractivity contribution is 7.83. The van der Waals surface area contributed by atoms with Gasteiger partial charge in [-0.2, -0.15) is 13.1 Å². The van der Waals surface area contributed by atoms with E-state index in [-0.39, 0.29) is 6.79 Å². The van der Waals surface area contributed by atoms with Crippen molar-refractivity contribution in [1.82, 2.24) is 4.72 Å². The quantitative estimate of drug-likeness (QED) is 0.586. The van der Waals surface area contributed by atoms with E-state index >= 15 is 0 Å². The molecular weight excluding hydrogens is 329 g/mol. The molecule has 0 heterocycles. The van der Waals surface area contributed by atoms with Crippen molar-refractivity contribution in [2.45, 2.75) is 19.1 Å². The molecule has 0 aliphatic heterocycles. The van der Waals surface area contributed by atoms with Crippen LogP contribution in [-0.2, 0) is 19.8 Å². The second-order valence-corrected chi connectivity index (χ2v) is 6.07. The Labute approximate surface area is 127 Å². The molecule has 0 unspecified atom stereocenters. The van der Waals surface area contributed by atoms with E-state index in [4.69, 9.17) is 37.2 Å². The first-order chi connectivity index (χ1) is 9.24. The third-order valence-corrected chi connectivity index (χ3v) is 3.67. The van der Waals surface area contributed by atoms with Gasteiger partial charge in [0.1, 0.15) is 12.9 Å². The minimum atomic E-state index is -4.37. The van der Waals surface area contributed by atoms with Gasteiger partial charge in [-0.3, -0.25) is 4.55 Å². The predicted molar refractivity (Wildman–Crippen MR) is 76.3 cm³/mol. The topological polar surface area (TPSA) is 84.9 Å². The Kier molecular flexibility index (Phi) is 6.67. The van der Waals surface area contributed by atoms with E-state index < -0.39 is 22.4 Å². The lowest BCUT2D eigenvalue weighted by Gasteiger charge is -2.25. The lowest BCUT2D eigenvalue weighted by atomic mass is 10.0. The molecule has 20 heavy (non-hydrogen) atoms. The Bertz CT molecular complexity index is 552. The van der Waals surface area contributed by atoms with Crippen LogP contribution < -0.4 is 4.72 Å². The van der Waals surface area contributed by atoms with Gasteiger partial charge < -0.3 is 9.47 Å². The van der Waals surface area contributed by atoms with E-state index in [1.165, 1.54) is 14.0 Å². The van der Waals surface area contributed by atoms with Gasteiger partial charge >= 0.3 is 10.3 Å². The first-order valence-electron chi connectivity index (χ1n) is 5.55. The zero-order chi connectivity index (χ0) is 15.3. The van der Waals surface area contributed by atoms with E-state index in [2.05, 4.69) is 0 Å². The van der Waals surface area contributed by atoms with Gasteiger partial charge in [0.15, 0.2) is 0 Å². The zero-order valence-corrected chi connectivity index (χ0v) is 13.2. The zero-order valence-electron chi connectivity index (χ0n) is 10.8. The highest BCUT2D eigenvalue weighted by atomic mass is 35.5. The third kappa shape index (κ3) is 5.53. The molecule has 1 rings (SSSR count). The van der Waals surface area contributed by atoms with Crippen molar-refractivity contribution in [2.75, 3.05) is 13.9 Å². The molecule has 2 atom stereocenters. The summed E-state index contributed by atoms with van der Waals surface area (Å²) in [5, 5.41) is 0.786. The molecular formula is C11H15Cl2NO5S. The highest BCUT2D eigenvalue weighted by Gasteiger charge is 2.26.